The van der Waals surface area contributed by atoms with E-state index in [4.69, 9.17) is 0 Å². The molecule has 2 saturated heterocycles. The van der Waals surface area contributed by atoms with E-state index in [1.54, 1.807) is 16.7 Å². The van der Waals surface area contributed by atoms with Crippen LogP contribution in [0.5, 0.6) is 0 Å². The molecule has 2 aliphatic heterocycles. The van der Waals surface area contributed by atoms with E-state index in [0.717, 1.165) is 6.42 Å². The highest BCUT2D eigenvalue weighted by atomic mass is 16.4. The summed E-state index contributed by atoms with van der Waals surface area (Å²) in [5.74, 6) is -0.941. The predicted octanol–water partition coefficient (Wildman–Crippen LogP) is 0.504. The number of hydrogen-bond donors (Lipinski definition) is 2. The summed E-state index contributed by atoms with van der Waals surface area (Å²) in [5.41, 5.74) is -0.856. The fraction of sp³-hybridized carbons (Fsp3) is 0.786. The summed E-state index contributed by atoms with van der Waals surface area (Å²) in [7, 11) is 0. The quantitative estimate of drug-likeness (QED) is 0.777. The number of rotatable bonds is 2. The van der Waals surface area contributed by atoms with Crippen LogP contribution >= 0.6 is 0 Å². The molecular formula is C14H23N3O4. The minimum atomic E-state index is -0.856. The van der Waals surface area contributed by atoms with Crippen molar-refractivity contribution < 1.29 is 19.5 Å². The fourth-order valence-electron chi connectivity index (χ4n) is 3.12. The van der Waals surface area contributed by atoms with Crippen molar-refractivity contribution in [2.24, 2.45) is 5.41 Å². The van der Waals surface area contributed by atoms with Gasteiger partial charge in [0.25, 0.3) is 0 Å². The lowest BCUT2D eigenvalue weighted by Crippen LogP contribution is -2.52. The minimum Gasteiger partial charge on any atom is -0.481 e. The van der Waals surface area contributed by atoms with Gasteiger partial charge in [-0.15, -0.1) is 0 Å². The van der Waals surface area contributed by atoms with Gasteiger partial charge in [0, 0.05) is 39.1 Å². The standard InChI is InChI=1S/C14H23N3O4/c1-10(18)15-11-4-7-16(8-11)13(21)17-6-3-5-14(2,9-17)12(19)20/h11H,3-9H2,1-2H3,(H,15,18)(H,19,20). The van der Waals surface area contributed by atoms with Crippen LogP contribution in [0.4, 0.5) is 4.79 Å². The molecule has 0 aromatic heterocycles. The summed E-state index contributed by atoms with van der Waals surface area (Å²) < 4.78 is 0. The molecule has 3 amide bonds. The van der Waals surface area contributed by atoms with Gasteiger partial charge in [0.15, 0.2) is 0 Å². The number of carbonyl (C=O) groups excluding carboxylic acids is 2. The van der Waals surface area contributed by atoms with E-state index in [1.807, 2.05) is 0 Å². The molecule has 0 radical (unpaired) electrons. The van der Waals surface area contributed by atoms with E-state index in [9.17, 15) is 19.5 Å². The van der Waals surface area contributed by atoms with E-state index < -0.39 is 11.4 Å². The normalized spacial score (nSPS) is 29.3. The van der Waals surface area contributed by atoms with Crippen molar-refractivity contribution >= 4 is 17.9 Å². The Morgan fingerprint density at radius 3 is 2.57 bits per heavy atom. The number of carbonyl (C=O) groups is 3. The molecule has 0 aliphatic carbocycles. The van der Waals surface area contributed by atoms with Crippen LogP contribution in [0.1, 0.15) is 33.1 Å². The van der Waals surface area contributed by atoms with E-state index in [0.29, 0.717) is 32.5 Å². The Hall–Kier alpha value is -1.79. The second-order valence-corrected chi connectivity index (χ2v) is 6.31. The first kappa shape index (κ1) is 15.6. The molecule has 0 aromatic carbocycles. The molecule has 2 unspecified atom stereocenters. The van der Waals surface area contributed by atoms with Crippen molar-refractivity contribution in [3.05, 3.63) is 0 Å². The largest absolute Gasteiger partial charge is 0.481 e. The number of nitrogens with one attached hydrogen (secondary N) is 1. The molecule has 0 aromatic rings. The van der Waals surface area contributed by atoms with Crippen molar-refractivity contribution in [1.82, 2.24) is 15.1 Å². The summed E-state index contributed by atoms with van der Waals surface area (Å²) in [4.78, 5) is 38.2. The summed E-state index contributed by atoms with van der Waals surface area (Å²) in [6, 6.07) is -0.114. The van der Waals surface area contributed by atoms with Gasteiger partial charge in [0.05, 0.1) is 5.41 Å². The SMILES string of the molecule is CC(=O)NC1CCN(C(=O)N2CCCC(C)(C(=O)O)C2)C1. The Labute approximate surface area is 124 Å². The Morgan fingerprint density at radius 1 is 1.24 bits per heavy atom. The highest BCUT2D eigenvalue weighted by Gasteiger charge is 2.41. The zero-order valence-electron chi connectivity index (χ0n) is 12.6. The first-order chi connectivity index (χ1) is 9.82. The second kappa shape index (κ2) is 5.91. The molecule has 2 rings (SSSR count). The molecule has 7 nitrogen and oxygen atoms in total. The highest BCUT2D eigenvalue weighted by molar-refractivity contribution is 5.79. The van der Waals surface area contributed by atoms with Gasteiger partial charge >= 0.3 is 12.0 Å². The van der Waals surface area contributed by atoms with Crippen LogP contribution in [-0.2, 0) is 9.59 Å². The monoisotopic (exact) mass is 297 g/mol. The molecule has 118 valence electrons. The molecule has 2 aliphatic rings. The number of piperidine rings is 1. The van der Waals surface area contributed by atoms with Crippen LogP contribution in [0.2, 0.25) is 0 Å². The topological polar surface area (TPSA) is 90.0 Å². The minimum absolute atomic E-state index is 0.00194. The first-order valence-corrected chi connectivity index (χ1v) is 7.36. The molecule has 7 heteroatoms. The van der Waals surface area contributed by atoms with E-state index >= 15 is 0 Å². The lowest BCUT2D eigenvalue weighted by Gasteiger charge is -2.39. The number of urea groups is 1. The third-order valence-electron chi connectivity index (χ3n) is 4.35. The molecular weight excluding hydrogens is 274 g/mol. The summed E-state index contributed by atoms with van der Waals surface area (Å²) in [6.07, 6.45) is 2.05. The molecule has 0 bridgehead atoms. The van der Waals surface area contributed by atoms with E-state index in [2.05, 4.69) is 5.32 Å². The van der Waals surface area contributed by atoms with Gasteiger partial charge in [0.1, 0.15) is 0 Å². The van der Waals surface area contributed by atoms with E-state index in [-0.39, 0.29) is 24.5 Å². The third kappa shape index (κ3) is 3.46. The lowest BCUT2D eigenvalue weighted by atomic mass is 9.82. The molecule has 0 spiro atoms. The van der Waals surface area contributed by atoms with Crippen molar-refractivity contribution in [2.75, 3.05) is 26.2 Å². The number of nitrogens with zero attached hydrogens (tertiary/aromatic N) is 2. The third-order valence-corrected chi connectivity index (χ3v) is 4.35. The predicted molar refractivity (Wildman–Crippen MR) is 75.7 cm³/mol. The number of likely N-dealkylation sites (tertiary alicyclic amines) is 2. The van der Waals surface area contributed by atoms with Gasteiger partial charge in [-0.3, -0.25) is 9.59 Å². The van der Waals surface area contributed by atoms with Gasteiger partial charge in [-0.1, -0.05) is 0 Å². The summed E-state index contributed by atoms with van der Waals surface area (Å²) in [6.45, 7) is 5.11. The molecule has 21 heavy (non-hydrogen) atoms. The zero-order valence-corrected chi connectivity index (χ0v) is 12.6. The Balaban J connectivity index is 1.94. The molecule has 2 heterocycles. The maximum absolute atomic E-state index is 12.5. The van der Waals surface area contributed by atoms with Crippen LogP contribution in [0, 0.1) is 5.41 Å². The average Bonchev–Trinajstić information content (AvgIpc) is 2.85. The maximum atomic E-state index is 12.5. The van der Waals surface area contributed by atoms with Gasteiger partial charge < -0.3 is 20.2 Å². The van der Waals surface area contributed by atoms with Crippen LogP contribution < -0.4 is 5.32 Å². The van der Waals surface area contributed by atoms with Crippen LogP contribution in [0.25, 0.3) is 0 Å². The van der Waals surface area contributed by atoms with Gasteiger partial charge in [-0.2, -0.15) is 0 Å². The lowest BCUT2D eigenvalue weighted by molar-refractivity contribution is -0.150. The summed E-state index contributed by atoms with van der Waals surface area (Å²) in [5, 5.41) is 12.1. The van der Waals surface area contributed by atoms with Gasteiger partial charge in [0.2, 0.25) is 5.91 Å². The van der Waals surface area contributed by atoms with Gasteiger partial charge in [-0.05, 0) is 26.2 Å². The van der Waals surface area contributed by atoms with Crippen molar-refractivity contribution in [1.29, 1.82) is 0 Å². The van der Waals surface area contributed by atoms with Crippen molar-refractivity contribution in [2.45, 2.75) is 39.2 Å². The highest BCUT2D eigenvalue weighted by Crippen LogP contribution is 2.30. The van der Waals surface area contributed by atoms with Gasteiger partial charge in [-0.25, -0.2) is 4.79 Å². The first-order valence-electron chi connectivity index (χ1n) is 7.36. The number of carboxylic acids is 1. The van der Waals surface area contributed by atoms with E-state index in [1.165, 1.54) is 6.92 Å². The molecule has 2 N–H and O–H groups in total. The average molecular weight is 297 g/mol. The Kier molecular flexibility index (Phi) is 4.39. The Bertz CT molecular complexity index is 454. The molecule has 2 atom stereocenters. The van der Waals surface area contributed by atoms with Crippen LogP contribution in [0.15, 0.2) is 0 Å². The molecule has 2 fully saturated rings. The zero-order chi connectivity index (χ0) is 15.6. The van der Waals surface area contributed by atoms with Crippen molar-refractivity contribution in [3.8, 4) is 0 Å². The van der Waals surface area contributed by atoms with Crippen LogP contribution in [-0.4, -0.2) is 65.0 Å². The number of amides is 3. The molecule has 0 saturated carbocycles. The number of hydrogen-bond acceptors (Lipinski definition) is 3. The number of carboxylic acid groups (broad SMARTS) is 1. The second-order valence-electron chi connectivity index (χ2n) is 6.31. The fourth-order valence-corrected chi connectivity index (χ4v) is 3.12. The number of aliphatic carboxylic acids is 1. The van der Waals surface area contributed by atoms with Crippen molar-refractivity contribution in [3.63, 3.8) is 0 Å². The smallest absolute Gasteiger partial charge is 0.320 e. The Morgan fingerprint density at radius 2 is 1.95 bits per heavy atom. The maximum Gasteiger partial charge on any atom is 0.320 e. The summed E-state index contributed by atoms with van der Waals surface area (Å²) >= 11 is 0. The van der Waals surface area contributed by atoms with Crippen LogP contribution in [0.3, 0.4) is 0 Å².